The lowest BCUT2D eigenvalue weighted by atomic mass is 9.83. The van der Waals surface area contributed by atoms with Crippen molar-refractivity contribution in [1.82, 2.24) is 25.0 Å². The van der Waals surface area contributed by atoms with Crippen LogP contribution in [0.4, 0.5) is 4.39 Å². The van der Waals surface area contributed by atoms with Gasteiger partial charge in [-0.3, -0.25) is 9.78 Å². The Hall–Kier alpha value is -3.02. The van der Waals surface area contributed by atoms with Gasteiger partial charge in [-0.1, -0.05) is 13.8 Å². The fourth-order valence-corrected chi connectivity index (χ4v) is 4.14. The SMILES string of the molecule is Cc1cc(-c2c(-c3ccc(F)cc3)nn3c2C(C)(C)CC3)c2cn[nH]c2n1. The molecule has 1 N–H and O–H groups in total. The molecular formula is C21H20FN5. The molecule has 0 aliphatic carbocycles. The van der Waals surface area contributed by atoms with Crippen molar-refractivity contribution in [2.24, 2.45) is 0 Å². The Morgan fingerprint density at radius 1 is 1.19 bits per heavy atom. The summed E-state index contributed by atoms with van der Waals surface area (Å²) in [6.45, 7) is 7.38. The second-order valence-corrected chi connectivity index (χ2v) is 7.88. The standard InChI is InChI=1S/C21H20FN5/c1-12-10-15(16-11-23-25-20(16)24-12)17-18(13-4-6-14(22)7-5-13)26-27-9-8-21(2,3)19(17)27/h4-7,10-11H,8-9H2,1-3H3,(H,23,24,25). The average Bonchev–Trinajstić information content (AvgIpc) is 3.30. The first-order valence-corrected chi connectivity index (χ1v) is 9.12. The summed E-state index contributed by atoms with van der Waals surface area (Å²) >= 11 is 0. The maximum atomic E-state index is 13.5. The van der Waals surface area contributed by atoms with Gasteiger partial charge >= 0.3 is 0 Å². The highest BCUT2D eigenvalue weighted by Gasteiger charge is 2.37. The molecule has 4 heterocycles. The highest BCUT2D eigenvalue weighted by atomic mass is 19.1. The highest BCUT2D eigenvalue weighted by molar-refractivity contribution is 5.98. The third-order valence-corrected chi connectivity index (χ3v) is 5.48. The zero-order valence-corrected chi connectivity index (χ0v) is 15.5. The summed E-state index contributed by atoms with van der Waals surface area (Å²) in [5.41, 5.74) is 6.88. The van der Waals surface area contributed by atoms with Gasteiger partial charge in [-0.15, -0.1) is 0 Å². The fourth-order valence-electron chi connectivity index (χ4n) is 4.14. The Bertz CT molecular complexity index is 1170. The van der Waals surface area contributed by atoms with Crippen LogP contribution in [0.25, 0.3) is 33.4 Å². The van der Waals surface area contributed by atoms with E-state index in [1.807, 2.05) is 13.1 Å². The molecule has 0 saturated carbocycles. The van der Waals surface area contributed by atoms with Crippen LogP contribution in [0.15, 0.2) is 36.5 Å². The minimum Gasteiger partial charge on any atom is -0.268 e. The molecule has 1 aromatic carbocycles. The van der Waals surface area contributed by atoms with Gasteiger partial charge in [0.25, 0.3) is 0 Å². The molecule has 1 aliphatic heterocycles. The molecule has 0 unspecified atom stereocenters. The van der Waals surface area contributed by atoms with Crippen LogP contribution in [0.1, 0.15) is 31.7 Å². The maximum absolute atomic E-state index is 13.5. The third-order valence-electron chi connectivity index (χ3n) is 5.48. The van der Waals surface area contributed by atoms with Crippen LogP contribution < -0.4 is 0 Å². The van der Waals surface area contributed by atoms with Crippen molar-refractivity contribution in [3.8, 4) is 22.4 Å². The minimum absolute atomic E-state index is 0.00779. The summed E-state index contributed by atoms with van der Waals surface area (Å²) in [7, 11) is 0. The number of aromatic amines is 1. The first kappa shape index (κ1) is 16.2. The second kappa shape index (κ2) is 5.49. The predicted molar refractivity (Wildman–Crippen MR) is 103 cm³/mol. The molecular weight excluding hydrogens is 341 g/mol. The van der Waals surface area contributed by atoms with Gasteiger partial charge in [0.15, 0.2) is 5.65 Å². The summed E-state index contributed by atoms with van der Waals surface area (Å²) in [5.74, 6) is -0.246. The zero-order chi connectivity index (χ0) is 18.8. The van der Waals surface area contributed by atoms with Crippen molar-refractivity contribution in [2.75, 3.05) is 0 Å². The third kappa shape index (κ3) is 2.40. The number of halogens is 1. The first-order valence-electron chi connectivity index (χ1n) is 9.12. The number of aromatic nitrogens is 5. The molecule has 0 fully saturated rings. The van der Waals surface area contributed by atoms with Gasteiger partial charge in [0.2, 0.25) is 0 Å². The monoisotopic (exact) mass is 361 g/mol. The molecule has 3 aromatic heterocycles. The topological polar surface area (TPSA) is 59.4 Å². The summed E-state index contributed by atoms with van der Waals surface area (Å²) in [4.78, 5) is 4.56. The number of aryl methyl sites for hydroxylation is 2. The zero-order valence-electron chi connectivity index (χ0n) is 15.5. The summed E-state index contributed by atoms with van der Waals surface area (Å²) in [6.07, 6.45) is 2.86. The number of hydrogen-bond acceptors (Lipinski definition) is 3. The predicted octanol–water partition coefficient (Wildman–Crippen LogP) is 4.62. The Morgan fingerprint density at radius 3 is 2.74 bits per heavy atom. The molecule has 1 aliphatic rings. The molecule has 0 saturated heterocycles. The van der Waals surface area contributed by atoms with Crippen LogP contribution in [0, 0.1) is 12.7 Å². The van der Waals surface area contributed by atoms with Gasteiger partial charge in [-0.05, 0) is 43.7 Å². The maximum Gasteiger partial charge on any atom is 0.155 e. The largest absolute Gasteiger partial charge is 0.268 e. The number of fused-ring (bicyclic) bond motifs is 2. The van der Waals surface area contributed by atoms with Crippen molar-refractivity contribution in [1.29, 1.82) is 0 Å². The van der Waals surface area contributed by atoms with Crippen LogP contribution in [-0.2, 0) is 12.0 Å². The number of hydrogen-bond donors (Lipinski definition) is 1. The van der Waals surface area contributed by atoms with E-state index in [4.69, 9.17) is 5.10 Å². The summed E-state index contributed by atoms with van der Waals surface area (Å²) in [5, 5.41) is 13.1. The molecule has 6 heteroatoms. The lowest BCUT2D eigenvalue weighted by molar-refractivity contribution is 0.519. The molecule has 4 aromatic rings. The molecule has 0 radical (unpaired) electrons. The number of rotatable bonds is 2. The van der Waals surface area contributed by atoms with Crippen molar-refractivity contribution in [3.63, 3.8) is 0 Å². The van der Waals surface area contributed by atoms with Gasteiger partial charge in [0.05, 0.1) is 11.9 Å². The van der Waals surface area contributed by atoms with E-state index in [9.17, 15) is 4.39 Å². The second-order valence-electron chi connectivity index (χ2n) is 7.88. The number of benzene rings is 1. The Labute approximate surface area is 156 Å². The van der Waals surface area contributed by atoms with Crippen molar-refractivity contribution < 1.29 is 4.39 Å². The van der Waals surface area contributed by atoms with Gasteiger partial charge in [0.1, 0.15) is 11.5 Å². The van der Waals surface area contributed by atoms with Gasteiger partial charge < -0.3 is 0 Å². The first-order chi connectivity index (χ1) is 12.9. The quantitative estimate of drug-likeness (QED) is 0.567. The van der Waals surface area contributed by atoms with Crippen molar-refractivity contribution >= 4 is 11.0 Å². The van der Waals surface area contributed by atoms with E-state index in [1.165, 1.54) is 17.8 Å². The molecule has 136 valence electrons. The van der Waals surface area contributed by atoms with Crippen LogP contribution >= 0.6 is 0 Å². The summed E-state index contributed by atoms with van der Waals surface area (Å²) in [6, 6.07) is 8.66. The number of H-pyrrole nitrogens is 1. The minimum atomic E-state index is -0.246. The van der Waals surface area contributed by atoms with Crippen molar-refractivity contribution in [2.45, 2.75) is 39.2 Å². The van der Waals surface area contributed by atoms with E-state index in [2.05, 4.69) is 39.8 Å². The van der Waals surface area contributed by atoms with E-state index in [0.29, 0.717) is 0 Å². The lowest BCUT2D eigenvalue weighted by Gasteiger charge is -2.19. The van der Waals surface area contributed by atoms with Crippen molar-refractivity contribution in [3.05, 3.63) is 53.7 Å². The molecule has 27 heavy (non-hydrogen) atoms. The Balaban J connectivity index is 1.87. The molecule has 5 rings (SSSR count). The molecule has 0 amide bonds. The smallest absolute Gasteiger partial charge is 0.155 e. The van der Waals surface area contributed by atoms with E-state index in [-0.39, 0.29) is 11.2 Å². The number of nitrogens with one attached hydrogen (secondary N) is 1. The molecule has 0 bridgehead atoms. The van der Waals surface area contributed by atoms with E-state index < -0.39 is 0 Å². The molecule has 0 spiro atoms. The van der Waals surface area contributed by atoms with Gasteiger partial charge in [-0.25, -0.2) is 9.37 Å². The Kier molecular flexibility index (Phi) is 3.29. The average molecular weight is 361 g/mol. The van der Waals surface area contributed by atoms with Gasteiger partial charge in [-0.2, -0.15) is 10.2 Å². The van der Waals surface area contributed by atoms with Crippen LogP contribution in [-0.4, -0.2) is 25.0 Å². The van der Waals surface area contributed by atoms with Gasteiger partial charge in [0, 0.05) is 39.7 Å². The summed E-state index contributed by atoms with van der Waals surface area (Å²) < 4.78 is 15.6. The van der Waals surface area contributed by atoms with E-state index in [1.54, 1.807) is 12.1 Å². The fraction of sp³-hybridized carbons (Fsp3) is 0.286. The van der Waals surface area contributed by atoms with Crippen LogP contribution in [0.3, 0.4) is 0 Å². The van der Waals surface area contributed by atoms with Crippen LogP contribution in [0.5, 0.6) is 0 Å². The van der Waals surface area contributed by atoms with E-state index in [0.717, 1.165) is 52.1 Å². The normalized spacial score (nSPS) is 15.4. The lowest BCUT2D eigenvalue weighted by Crippen LogP contribution is -2.13. The van der Waals surface area contributed by atoms with E-state index >= 15 is 0 Å². The number of pyridine rings is 1. The van der Waals surface area contributed by atoms with Crippen LogP contribution in [0.2, 0.25) is 0 Å². The Morgan fingerprint density at radius 2 is 1.96 bits per heavy atom. The number of nitrogens with zero attached hydrogens (tertiary/aromatic N) is 4. The highest BCUT2D eigenvalue weighted by Crippen LogP contribution is 2.46. The molecule has 5 nitrogen and oxygen atoms in total. The molecule has 0 atom stereocenters.